The number of esters is 1. The summed E-state index contributed by atoms with van der Waals surface area (Å²) in [6, 6.07) is 7.18. The summed E-state index contributed by atoms with van der Waals surface area (Å²) in [6.45, 7) is 8.38. The van der Waals surface area contributed by atoms with Crippen LogP contribution in [-0.4, -0.2) is 62.5 Å². The van der Waals surface area contributed by atoms with Gasteiger partial charge in [-0.2, -0.15) is 4.98 Å². The summed E-state index contributed by atoms with van der Waals surface area (Å²) in [5, 5.41) is 3.49. The lowest BCUT2D eigenvalue weighted by Crippen LogP contribution is -2.49. The van der Waals surface area contributed by atoms with E-state index in [9.17, 15) is 14.4 Å². The number of halogens is 1. The van der Waals surface area contributed by atoms with Gasteiger partial charge < -0.3 is 24.7 Å². The maximum Gasteiger partial charge on any atom is 0.407 e. The van der Waals surface area contributed by atoms with E-state index >= 15 is 0 Å². The number of imidazole rings is 1. The largest absolute Gasteiger partial charge is 0.465 e. The van der Waals surface area contributed by atoms with Crippen LogP contribution in [0.2, 0.25) is 5.02 Å². The summed E-state index contributed by atoms with van der Waals surface area (Å²) < 4.78 is 13.5. The number of piperidine rings is 1. The highest BCUT2D eigenvalue weighted by molar-refractivity contribution is 7.71. The summed E-state index contributed by atoms with van der Waals surface area (Å²) in [5.74, 6) is -0.0415. The molecule has 1 saturated heterocycles. The third kappa shape index (κ3) is 6.80. The van der Waals surface area contributed by atoms with Gasteiger partial charge in [0.05, 0.1) is 13.2 Å². The number of amides is 1. The Kier molecular flexibility index (Phi) is 8.65. The Labute approximate surface area is 236 Å². The SMILES string of the molecule is CCOC(=O)Cn1c(=S)[nH]c2nc(N3CCC[C@@H](NC(=O)OC(C)(C)C)C3)n(Cc3ccccc3Cl)c2c1=O. The van der Waals surface area contributed by atoms with Crippen LogP contribution in [0.25, 0.3) is 11.2 Å². The molecule has 39 heavy (non-hydrogen) atoms. The lowest BCUT2D eigenvalue weighted by Gasteiger charge is -2.34. The Morgan fingerprint density at radius 2 is 2.00 bits per heavy atom. The number of aromatic nitrogens is 4. The van der Waals surface area contributed by atoms with Gasteiger partial charge in [0, 0.05) is 24.2 Å². The van der Waals surface area contributed by atoms with Crippen molar-refractivity contribution in [3.05, 3.63) is 50.0 Å². The topological polar surface area (TPSA) is 123 Å². The minimum atomic E-state index is -0.609. The quantitative estimate of drug-likeness (QED) is 0.319. The number of carbonyl (C=O) groups is 2. The summed E-state index contributed by atoms with van der Waals surface area (Å²) >= 11 is 11.9. The number of hydrogen-bond acceptors (Lipinski definition) is 8. The van der Waals surface area contributed by atoms with Crippen LogP contribution in [0.3, 0.4) is 0 Å². The fourth-order valence-corrected chi connectivity index (χ4v) is 4.99. The van der Waals surface area contributed by atoms with Crippen molar-refractivity contribution in [1.82, 2.24) is 24.4 Å². The summed E-state index contributed by atoms with van der Waals surface area (Å²) in [6.07, 6.45) is 1.08. The number of nitrogens with zero attached hydrogens (tertiary/aromatic N) is 4. The normalized spacial score (nSPS) is 15.8. The molecule has 2 aromatic heterocycles. The van der Waals surface area contributed by atoms with Crippen LogP contribution >= 0.6 is 23.8 Å². The molecular weight excluding hydrogens is 544 g/mol. The monoisotopic (exact) mass is 576 g/mol. The van der Waals surface area contributed by atoms with Crippen molar-refractivity contribution in [2.45, 2.75) is 65.3 Å². The number of fused-ring (bicyclic) bond motifs is 1. The number of hydrogen-bond donors (Lipinski definition) is 2. The molecule has 1 atom stereocenters. The van der Waals surface area contributed by atoms with Crippen LogP contribution in [0, 0.1) is 4.77 Å². The van der Waals surface area contributed by atoms with Crippen molar-refractivity contribution in [3.63, 3.8) is 0 Å². The van der Waals surface area contributed by atoms with E-state index in [0.29, 0.717) is 29.7 Å². The highest BCUT2D eigenvalue weighted by Gasteiger charge is 2.29. The van der Waals surface area contributed by atoms with Crippen molar-refractivity contribution >= 4 is 53.0 Å². The molecule has 13 heteroatoms. The molecule has 0 spiro atoms. The third-order valence-corrected chi connectivity index (χ3v) is 6.86. The van der Waals surface area contributed by atoms with Crippen LogP contribution in [0.15, 0.2) is 29.1 Å². The molecule has 0 aliphatic carbocycles. The standard InChI is InChI=1S/C26H33ClN6O5S/c1-5-37-19(34)15-33-22(35)20-21(30-24(33)39)29-23(32(20)13-16-9-6-7-11-18(16)27)31-12-8-10-17(14-31)28-25(36)38-26(2,3)4/h6-7,9,11,17H,5,8,10,12-15H2,1-4H3,(H,28,36)(H,30,39)/t17-/m1/s1. The Balaban J connectivity index is 1.76. The first-order chi connectivity index (χ1) is 18.5. The van der Waals surface area contributed by atoms with Crippen molar-refractivity contribution in [2.75, 3.05) is 24.6 Å². The Hall–Kier alpha value is -3.38. The molecule has 0 bridgehead atoms. The van der Waals surface area contributed by atoms with E-state index in [1.54, 1.807) is 17.6 Å². The second-order valence-corrected chi connectivity index (χ2v) is 11.1. The summed E-state index contributed by atoms with van der Waals surface area (Å²) in [7, 11) is 0. The van der Waals surface area contributed by atoms with E-state index < -0.39 is 23.2 Å². The van der Waals surface area contributed by atoms with Crippen molar-refractivity contribution in [3.8, 4) is 0 Å². The summed E-state index contributed by atoms with van der Waals surface area (Å²) in [4.78, 5) is 48.1. The molecule has 1 amide bonds. The lowest BCUT2D eigenvalue weighted by atomic mass is 10.1. The van der Waals surface area contributed by atoms with Gasteiger partial charge in [-0.05, 0) is 64.4 Å². The molecule has 1 aromatic carbocycles. The van der Waals surface area contributed by atoms with Gasteiger partial charge in [0.15, 0.2) is 15.9 Å². The number of aromatic amines is 1. The van der Waals surface area contributed by atoms with E-state index in [2.05, 4.69) is 10.3 Å². The predicted octanol–water partition coefficient (Wildman–Crippen LogP) is 4.01. The van der Waals surface area contributed by atoms with Crippen LogP contribution < -0.4 is 15.8 Å². The third-order valence-electron chi connectivity index (χ3n) is 6.17. The number of ether oxygens (including phenoxy) is 2. The van der Waals surface area contributed by atoms with Gasteiger partial charge in [-0.25, -0.2) is 4.79 Å². The second kappa shape index (κ2) is 11.8. The smallest absolute Gasteiger partial charge is 0.407 e. The van der Waals surface area contributed by atoms with Gasteiger partial charge >= 0.3 is 12.1 Å². The van der Waals surface area contributed by atoms with Gasteiger partial charge in [0.1, 0.15) is 12.1 Å². The first-order valence-corrected chi connectivity index (χ1v) is 13.6. The van der Waals surface area contributed by atoms with Crippen molar-refractivity contribution in [2.24, 2.45) is 0 Å². The fraction of sp³-hybridized carbons (Fsp3) is 0.500. The van der Waals surface area contributed by atoms with E-state index in [1.165, 1.54) is 4.57 Å². The zero-order valence-corrected chi connectivity index (χ0v) is 24.0. The maximum absolute atomic E-state index is 13.7. The Morgan fingerprint density at radius 3 is 2.69 bits per heavy atom. The number of anilines is 1. The van der Waals surface area contributed by atoms with Crippen molar-refractivity contribution in [1.29, 1.82) is 0 Å². The van der Waals surface area contributed by atoms with E-state index in [1.807, 2.05) is 43.9 Å². The Morgan fingerprint density at radius 1 is 1.26 bits per heavy atom. The number of H-pyrrole nitrogens is 1. The molecule has 3 heterocycles. The Bertz CT molecular complexity index is 1490. The molecule has 0 saturated carbocycles. The molecule has 1 aliphatic heterocycles. The van der Waals surface area contributed by atoms with Crippen molar-refractivity contribution < 1.29 is 19.1 Å². The molecular formula is C26H33ClN6O5S. The van der Waals surface area contributed by atoms with Gasteiger partial charge in [-0.15, -0.1) is 0 Å². The minimum Gasteiger partial charge on any atom is -0.465 e. The van der Waals surface area contributed by atoms with E-state index in [0.717, 1.165) is 18.4 Å². The zero-order valence-electron chi connectivity index (χ0n) is 22.5. The molecule has 1 aliphatic rings. The van der Waals surface area contributed by atoms with Crippen LogP contribution in [0.5, 0.6) is 0 Å². The highest BCUT2D eigenvalue weighted by Crippen LogP contribution is 2.26. The molecule has 1 fully saturated rings. The average molecular weight is 577 g/mol. The van der Waals surface area contributed by atoms with Crippen LogP contribution in [-0.2, 0) is 27.4 Å². The molecule has 4 rings (SSSR count). The zero-order chi connectivity index (χ0) is 28.3. The fourth-order valence-electron chi connectivity index (χ4n) is 4.55. The van der Waals surface area contributed by atoms with E-state index in [4.69, 9.17) is 38.3 Å². The summed E-state index contributed by atoms with van der Waals surface area (Å²) in [5.41, 5.74) is 0.272. The maximum atomic E-state index is 13.7. The van der Waals surface area contributed by atoms with Gasteiger partial charge in [-0.1, -0.05) is 29.8 Å². The first-order valence-electron chi connectivity index (χ1n) is 12.8. The molecule has 11 nitrogen and oxygen atoms in total. The van der Waals surface area contributed by atoms with Crippen LogP contribution in [0.4, 0.5) is 10.7 Å². The molecule has 210 valence electrons. The molecule has 2 N–H and O–H groups in total. The minimum absolute atomic E-state index is 0.0672. The molecule has 0 radical (unpaired) electrons. The first kappa shape index (κ1) is 28.6. The highest BCUT2D eigenvalue weighted by atomic mass is 35.5. The number of nitrogens with one attached hydrogen (secondary N) is 2. The second-order valence-electron chi connectivity index (χ2n) is 10.3. The lowest BCUT2D eigenvalue weighted by molar-refractivity contribution is -0.143. The van der Waals surface area contributed by atoms with Gasteiger partial charge in [-0.3, -0.25) is 18.7 Å². The van der Waals surface area contributed by atoms with E-state index in [-0.39, 0.29) is 36.0 Å². The average Bonchev–Trinajstić information content (AvgIpc) is 3.20. The molecule has 0 unspecified atom stereocenters. The van der Waals surface area contributed by atoms with Gasteiger partial charge in [0.2, 0.25) is 5.95 Å². The number of carbonyl (C=O) groups excluding carboxylic acids is 2. The number of alkyl carbamates (subject to hydrolysis) is 1. The number of benzene rings is 1. The van der Waals surface area contributed by atoms with Crippen LogP contribution in [0.1, 0.15) is 46.1 Å². The predicted molar refractivity (Wildman–Crippen MR) is 151 cm³/mol. The van der Waals surface area contributed by atoms with Gasteiger partial charge in [0.25, 0.3) is 5.56 Å². The number of rotatable bonds is 7. The molecule has 3 aromatic rings.